The molecule has 0 fully saturated rings. The third-order valence-electron chi connectivity index (χ3n) is 3.19. The summed E-state index contributed by atoms with van der Waals surface area (Å²) < 4.78 is 0. The second-order valence-electron chi connectivity index (χ2n) is 4.81. The Balaban J connectivity index is 1.98. The normalized spacial score (nSPS) is 17.9. The van der Waals surface area contributed by atoms with Gasteiger partial charge in [-0.2, -0.15) is 0 Å². The lowest BCUT2D eigenvalue weighted by molar-refractivity contribution is -0.505. The third-order valence-corrected chi connectivity index (χ3v) is 4.57. The van der Waals surface area contributed by atoms with Crippen LogP contribution in [-0.2, 0) is 6.54 Å². The lowest BCUT2D eigenvalue weighted by atomic mass is 10.1. The Bertz CT molecular complexity index is 523. The lowest BCUT2D eigenvalue weighted by Gasteiger charge is -2.21. The summed E-state index contributed by atoms with van der Waals surface area (Å²) in [7, 11) is 0. The van der Waals surface area contributed by atoms with Gasteiger partial charge in [-0.1, -0.05) is 17.7 Å². The summed E-state index contributed by atoms with van der Waals surface area (Å²) in [5.74, 6) is 0.900. The molecule has 8 heteroatoms. The molecule has 6 nitrogen and oxygen atoms in total. The van der Waals surface area contributed by atoms with Crippen molar-refractivity contribution in [1.82, 2.24) is 10.3 Å². The van der Waals surface area contributed by atoms with E-state index in [2.05, 4.69) is 15.3 Å². The lowest BCUT2D eigenvalue weighted by Crippen LogP contribution is -2.46. The summed E-state index contributed by atoms with van der Waals surface area (Å²) in [5, 5.41) is 15.6. The first-order valence-corrected chi connectivity index (χ1v) is 8.08. The molecule has 0 bridgehead atoms. The van der Waals surface area contributed by atoms with Gasteiger partial charge in [0.1, 0.15) is 10.2 Å². The number of pyridine rings is 1. The van der Waals surface area contributed by atoms with Crippen LogP contribution < -0.4 is 5.32 Å². The van der Waals surface area contributed by atoms with E-state index < -0.39 is 6.04 Å². The molecule has 1 aliphatic heterocycles. The predicted octanol–water partition coefficient (Wildman–Crippen LogP) is 2.39. The van der Waals surface area contributed by atoms with Crippen molar-refractivity contribution in [3.05, 3.63) is 39.2 Å². The minimum absolute atomic E-state index is 0.255. The van der Waals surface area contributed by atoms with Crippen molar-refractivity contribution in [3.63, 3.8) is 0 Å². The molecule has 1 N–H and O–H groups in total. The molecule has 1 aliphatic rings. The fourth-order valence-corrected chi connectivity index (χ4v) is 3.28. The molecule has 0 aliphatic carbocycles. The number of rotatable bonds is 6. The van der Waals surface area contributed by atoms with E-state index in [0.717, 1.165) is 17.7 Å². The maximum absolute atomic E-state index is 11.3. The van der Waals surface area contributed by atoms with Crippen molar-refractivity contribution in [2.24, 2.45) is 4.99 Å². The van der Waals surface area contributed by atoms with E-state index in [1.165, 1.54) is 11.8 Å². The number of nitrogens with zero attached hydrogens (tertiary/aromatic N) is 3. The molecule has 0 amide bonds. The Morgan fingerprint density at radius 1 is 1.57 bits per heavy atom. The highest BCUT2D eigenvalue weighted by molar-refractivity contribution is 8.14. The van der Waals surface area contributed by atoms with Gasteiger partial charge in [0.05, 0.1) is 6.04 Å². The molecule has 0 saturated heterocycles. The summed E-state index contributed by atoms with van der Waals surface area (Å²) in [6.45, 7) is 3.00. The van der Waals surface area contributed by atoms with E-state index in [4.69, 9.17) is 11.6 Å². The molecule has 21 heavy (non-hydrogen) atoms. The van der Waals surface area contributed by atoms with Crippen molar-refractivity contribution in [2.45, 2.75) is 32.0 Å². The molecule has 2 rings (SSSR count). The van der Waals surface area contributed by atoms with E-state index in [1.807, 2.05) is 13.0 Å². The molecule has 114 valence electrons. The van der Waals surface area contributed by atoms with Crippen molar-refractivity contribution in [3.8, 4) is 0 Å². The Hall–Kier alpha value is -1.18. The minimum atomic E-state index is -0.796. The van der Waals surface area contributed by atoms with E-state index in [9.17, 15) is 10.1 Å². The number of hydrogen-bond acceptors (Lipinski definition) is 6. The van der Waals surface area contributed by atoms with Crippen LogP contribution in [0.5, 0.6) is 0 Å². The van der Waals surface area contributed by atoms with Crippen molar-refractivity contribution in [2.75, 3.05) is 12.3 Å². The first-order valence-electron chi connectivity index (χ1n) is 6.72. The molecule has 0 saturated carbocycles. The summed E-state index contributed by atoms with van der Waals surface area (Å²) in [6, 6.07) is 2.45. The largest absolute Gasteiger partial charge is 0.304 e. The summed E-state index contributed by atoms with van der Waals surface area (Å²) >= 11 is 7.22. The number of aliphatic imine (C=N–C) groups is 1. The van der Waals surface area contributed by atoms with Crippen LogP contribution in [0.4, 0.5) is 0 Å². The second-order valence-corrected chi connectivity index (χ2v) is 6.31. The SMILES string of the molecule is CC(NCc1ccc(Cl)nc1)C(C1=NCCCS1)[N+](=O)[O-]. The average molecular weight is 329 g/mol. The van der Waals surface area contributed by atoms with Crippen molar-refractivity contribution < 1.29 is 4.92 Å². The van der Waals surface area contributed by atoms with Crippen LogP contribution in [0.15, 0.2) is 23.3 Å². The number of aromatic nitrogens is 1. The number of nitrogens with one attached hydrogen (secondary N) is 1. The van der Waals surface area contributed by atoms with Crippen LogP contribution in [0, 0.1) is 10.1 Å². The van der Waals surface area contributed by atoms with E-state index >= 15 is 0 Å². The van der Waals surface area contributed by atoms with Crippen LogP contribution in [0.25, 0.3) is 0 Å². The molecule has 1 aromatic heterocycles. The van der Waals surface area contributed by atoms with E-state index in [-0.39, 0.29) is 11.0 Å². The topological polar surface area (TPSA) is 80.4 Å². The molecule has 2 unspecified atom stereocenters. The smallest absolute Gasteiger partial charge is 0.274 e. The molecule has 0 radical (unpaired) electrons. The van der Waals surface area contributed by atoms with Crippen LogP contribution >= 0.6 is 23.4 Å². The Labute approximate surface area is 132 Å². The van der Waals surface area contributed by atoms with Gasteiger partial charge < -0.3 is 5.32 Å². The maximum atomic E-state index is 11.3. The Morgan fingerprint density at radius 2 is 2.38 bits per heavy atom. The van der Waals surface area contributed by atoms with Crippen LogP contribution in [0.1, 0.15) is 18.9 Å². The quantitative estimate of drug-likeness (QED) is 0.492. The van der Waals surface area contributed by atoms with Gasteiger partial charge in [-0.3, -0.25) is 15.1 Å². The van der Waals surface area contributed by atoms with E-state index in [0.29, 0.717) is 23.3 Å². The fraction of sp³-hybridized carbons (Fsp3) is 0.538. The second kappa shape index (κ2) is 7.72. The van der Waals surface area contributed by atoms with Gasteiger partial charge in [0.15, 0.2) is 0 Å². The van der Waals surface area contributed by atoms with Gasteiger partial charge in [0.25, 0.3) is 6.04 Å². The average Bonchev–Trinajstić information content (AvgIpc) is 2.47. The number of hydrogen-bond donors (Lipinski definition) is 1. The highest BCUT2D eigenvalue weighted by Crippen LogP contribution is 2.19. The summed E-state index contributed by atoms with van der Waals surface area (Å²) in [4.78, 5) is 19.4. The van der Waals surface area contributed by atoms with Crippen molar-refractivity contribution >= 4 is 28.4 Å². The van der Waals surface area contributed by atoms with Gasteiger partial charge in [0, 0.05) is 30.0 Å². The third kappa shape index (κ3) is 4.66. The molecule has 0 aromatic carbocycles. The zero-order valence-corrected chi connectivity index (χ0v) is 13.2. The monoisotopic (exact) mass is 328 g/mol. The van der Waals surface area contributed by atoms with Gasteiger partial charge in [-0.25, -0.2) is 4.98 Å². The standard InChI is InChI=1S/C13H17ClN4O2S/c1-9(16-7-10-3-4-11(14)17-8-10)12(18(19)20)13-15-5-2-6-21-13/h3-4,8-9,12,16H,2,5-7H2,1H3. The van der Waals surface area contributed by atoms with E-state index in [1.54, 1.807) is 12.3 Å². The number of nitro groups is 1. The summed E-state index contributed by atoms with van der Waals surface area (Å²) in [5.41, 5.74) is 0.937. The minimum Gasteiger partial charge on any atom is -0.304 e. The fourth-order valence-electron chi connectivity index (χ4n) is 2.04. The molecular formula is C13H17ClN4O2S. The van der Waals surface area contributed by atoms with Crippen LogP contribution in [-0.4, -0.2) is 39.3 Å². The predicted molar refractivity (Wildman–Crippen MR) is 85.7 cm³/mol. The van der Waals surface area contributed by atoms with Gasteiger partial charge in [-0.15, -0.1) is 11.8 Å². The van der Waals surface area contributed by atoms with Gasteiger partial charge in [-0.05, 0) is 25.0 Å². The first kappa shape index (κ1) is 16.2. The Kier molecular flexibility index (Phi) is 5.96. The zero-order chi connectivity index (χ0) is 15.2. The maximum Gasteiger partial charge on any atom is 0.274 e. The number of halogens is 1. The first-order chi connectivity index (χ1) is 10.1. The molecule has 2 atom stereocenters. The zero-order valence-electron chi connectivity index (χ0n) is 11.7. The van der Waals surface area contributed by atoms with Crippen molar-refractivity contribution in [1.29, 1.82) is 0 Å². The van der Waals surface area contributed by atoms with Crippen LogP contribution in [0.3, 0.4) is 0 Å². The summed E-state index contributed by atoms with van der Waals surface area (Å²) in [6.07, 6.45) is 2.65. The Morgan fingerprint density at radius 3 is 2.95 bits per heavy atom. The highest BCUT2D eigenvalue weighted by atomic mass is 35.5. The van der Waals surface area contributed by atoms with Gasteiger partial charge in [0.2, 0.25) is 0 Å². The van der Waals surface area contributed by atoms with Gasteiger partial charge >= 0.3 is 0 Å². The highest BCUT2D eigenvalue weighted by Gasteiger charge is 2.34. The molecule has 1 aromatic rings. The molecule has 2 heterocycles. The number of thioether (sulfide) groups is 1. The molecular weight excluding hydrogens is 312 g/mol. The molecule has 0 spiro atoms. The van der Waals surface area contributed by atoms with Crippen LogP contribution in [0.2, 0.25) is 5.15 Å².